The molecule has 0 amide bonds. The van der Waals surface area contributed by atoms with Crippen molar-refractivity contribution in [2.45, 2.75) is 20.0 Å². The van der Waals surface area contributed by atoms with Crippen LogP contribution in [0.15, 0.2) is 65.5 Å². The first-order chi connectivity index (χ1) is 15.7. The van der Waals surface area contributed by atoms with Gasteiger partial charge in [-0.1, -0.05) is 0 Å². The summed E-state index contributed by atoms with van der Waals surface area (Å²) >= 11 is 0. The van der Waals surface area contributed by atoms with Crippen LogP contribution in [0.5, 0.6) is 5.75 Å². The number of aryl methyl sites for hydroxylation is 1. The number of rotatable bonds is 6. The lowest BCUT2D eigenvalue weighted by atomic mass is 10.1. The zero-order chi connectivity index (χ0) is 23.6. The molecule has 7 nitrogen and oxygen atoms in total. The third-order valence-electron chi connectivity index (χ3n) is 4.92. The highest BCUT2D eigenvalue weighted by molar-refractivity contribution is 7.92. The smallest absolute Gasteiger partial charge is 0.146 e. The second-order valence-electron chi connectivity index (χ2n) is 7.96. The van der Waals surface area contributed by atoms with Crippen molar-refractivity contribution in [2.24, 2.45) is 4.36 Å². The van der Waals surface area contributed by atoms with Gasteiger partial charge in [-0.3, -0.25) is 4.98 Å². The van der Waals surface area contributed by atoms with E-state index in [1.807, 2.05) is 32.0 Å². The number of hydrogen-bond acceptors (Lipinski definition) is 7. The number of anilines is 2. The summed E-state index contributed by atoms with van der Waals surface area (Å²) in [4.78, 5) is 12.8. The van der Waals surface area contributed by atoms with Crippen molar-refractivity contribution in [2.75, 3.05) is 17.8 Å². The first kappa shape index (κ1) is 22.6. The van der Waals surface area contributed by atoms with Crippen molar-refractivity contribution in [1.29, 1.82) is 0 Å². The van der Waals surface area contributed by atoms with Crippen LogP contribution in [0.2, 0.25) is 0 Å². The highest BCUT2D eigenvalue weighted by Crippen LogP contribution is 2.35. The molecule has 170 valence electrons. The van der Waals surface area contributed by atoms with Gasteiger partial charge in [0.15, 0.2) is 0 Å². The molecule has 2 aromatic heterocycles. The van der Waals surface area contributed by atoms with Crippen LogP contribution in [0.4, 0.5) is 21.6 Å². The van der Waals surface area contributed by atoms with Gasteiger partial charge in [0.25, 0.3) is 0 Å². The number of aromatic nitrogens is 3. The number of benzene rings is 2. The van der Waals surface area contributed by atoms with Crippen molar-refractivity contribution < 1.29 is 13.3 Å². The molecular weight excluding hydrogens is 441 g/mol. The molecule has 0 spiro atoms. The molecule has 0 fully saturated rings. The summed E-state index contributed by atoms with van der Waals surface area (Å²) in [6.45, 7) is 3.80. The standard InChI is InChI=1S/C24H24FN5O2S/c1-15-11-19(30-33(3,4)31)13-21-23(15)24(28-14-27-21)29-20-6-5-18(25)12-22(20)32-16(2)17-7-9-26-10-8-17/h5-14,16H,1-4H3,(H,27,28,29). The van der Waals surface area contributed by atoms with Crippen LogP contribution in [-0.2, 0) is 9.73 Å². The number of hydrogen-bond donors (Lipinski definition) is 1. The minimum atomic E-state index is -2.31. The average molecular weight is 466 g/mol. The minimum Gasteiger partial charge on any atom is -0.484 e. The predicted molar refractivity (Wildman–Crippen MR) is 129 cm³/mol. The van der Waals surface area contributed by atoms with Crippen molar-refractivity contribution in [3.05, 3.63) is 78.1 Å². The van der Waals surface area contributed by atoms with E-state index in [1.165, 1.54) is 18.5 Å². The van der Waals surface area contributed by atoms with Gasteiger partial charge in [-0.15, -0.1) is 0 Å². The van der Waals surface area contributed by atoms with Crippen LogP contribution in [0.3, 0.4) is 0 Å². The molecule has 0 aliphatic carbocycles. The average Bonchev–Trinajstić information content (AvgIpc) is 2.75. The zero-order valence-electron chi connectivity index (χ0n) is 18.7. The molecule has 0 saturated heterocycles. The predicted octanol–water partition coefficient (Wildman–Crippen LogP) is 5.72. The Morgan fingerprint density at radius 3 is 2.58 bits per heavy atom. The van der Waals surface area contributed by atoms with Gasteiger partial charge in [0.2, 0.25) is 0 Å². The molecule has 2 heterocycles. The maximum absolute atomic E-state index is 14.1. The number of halogens is 1. The van der Waals surface area contributed by atoms with Gasteiger partial charge in [0.05, 0.1) is 16.9 Å². The third-order valence-corrected chi connectivity index (χ3v) is 5.57. The minimum absolute atomic E-state index is 0.318. The summed E-state index contributed by atoms with van der Waals surface area (Å²) in [7, 11) is -2.31. The first-order valence-electron chi connectivity index (χ1n) is 10.3. The van der Waals surface area contributed by atoms with Crippen molar-refractivity contribution in [1.82, 2.24) is 15.0 Å². The Hall–Kier alpha value is -3.59. The van der Waals surface area contributed by atoms with Gasteiger partial charge in [-0.25, -0.2) is 18.6 Å². The molecule has 0 aliphatic heterocycles. The largest absolute Gasteiger partial charge is 0.484 e. The topological polar surface area (TPSA) is 89.4 Å². The number of nitrogens with zero attached hydrogens (tertiary/aromatic N) is 4. The van der Waals surface area contributed by atoms with Crippen LogP contribution in [0, 0.1) is 12.7 Å². The van der Waals surface area contributed by atoms with E-state index >= 15 is 0 Å². The van der Waals surface area contributed by atoms with Crippen LogP contribution >= 0.6 is 0 Å². The van der Waals surface area contributed by atoms with Gasteiger partial charge in [-0.05, 0) is 61.4 Å². The molecule has 0 radical (unpaired) electrons. The summed E-state index contributed by atoms with van der Waals surface area (Å²) in [5.74, 6) is 0.494. The molecule has 9 heteroatoms. The first-order valence-corrected chi connectivity index (χ1v) is 12.6. The fourth-order valence-corrected chi connectivity index (χ4v) is 4.11. The Labute approximate surface area is 192 Å². The van der Waals surface area contributed by atoms with Gasteiger partial charge < -0.3 is 10.1 Å². The second kappa shape index (κ2) is 9.11. The van der Waals surface area contributed by atoms with Crippen LogP contribution in [-0.4, -0.2) is 31.7 Å². The lowest BCUT2D eigenvalue weighted by molar-refractivity contribution is 0.227. The summed E-state index contributed by atoms with van der Waals surface area (Å²) < 4.78 is 36.5. The van der Waals surface area contributed by atoms with Crippen LogP contribution in [0.25, 0.3) is 10.9 Å². The summed E-state index contributed by atoms with van der Waals surface area (Å²) in [6.07, 6.45) is 7.66. The molecule has 0 bridgehead atoms. The second-order valence-corrected chi connectivity index (χ2v) is 10.5. The number of pyridine rings is 1. The lowest BCUT2D eigenvalue weighted by Gasteiger charge is -2.19. The van der Waals surface area contributed by atoms with Gasteiger partial charge in [0, 0.05) is 46.1 Å². The van der Waals surface area contributed by atoms with Gasteiger partial charge in [0.1, 0.15) is 29.8 Å². The third kappa shape index (κ3) is 5.43. The van der Waals surface area contributed by atoms with Crippen molar-refractivity contribution in [3.8, 4) is 5.75 Å². The molecule has 4 rings (SSSR count). The van der Waals surface area contributed by atoms with Crippen LogP contribution < -0.4 is 10.1 Å². The molecule has 0 aliphatic rings. The Morgan fingerprint density at radius 1 is 1.09 bits per heavy atom. The van der Waals surface area contributed by atoms with Gasteiger partial charge >= 0.3 is 0 Å². The fraction of sp³-hybridized carbons (Fsp3) is 0.208. The maximum atomic E-state index is 14.1. The normalized spacial score (nSPS) is 12.4. The Kier molecular flexibility index (Phi) is 6.24. The number of nitrogens with one attached hydrogen (secondary N) is 1. The molecule has 1 atom stereocenters. The summed E-state index contributed by atoms with van der Waals surface area (Å²) in [5, 5.41) is 4.05. The quantitative estimate of drug-likeness (QED) is 0.392. The number of ether oxygens (including phenoxy) is 1. The van der Waals surface area contributed by atoms with E-state index in [4.69, 9.17) is 4.74 Å². The molecule has 4 aromatic rings. The molecule has 2 aromatic carbocycles. The Bertz CT molecular complexity index is 1430. The van der Waals surface area contributed by atoms with E-state index in [1.54, 1.807) is 37.0 Å². The molecule has 1 unspecified atom stereocenters. The van der Waals surface area contributed by atoms with Crippen LogP contribution in [0.1, 0.15) is 24.2 Å². The van der Waals surface area contributed by atoms with E-state index in [9.17, 15) is 8.60 Å². The SMILES string of the molecule is Cc1cc(N=S(C)(C)=O)cc2ncnc(Nc3ccc(F)cc3OC(C)c3ccncc3)c12. The molecule has 33 heavy (non-hydrogen) atoms. The van der Waals surface area contributed by atoms with E-state index in [0.29, 0.717) is 28.5 Å². The summed E-state index contributed by atoms with van der Waals surface area (Å²) in [6, 6.07) is 11.6. The highest BCUT2D eigenvalue weighted by Gasteiger charge is 2.15. The zero-order valence-corrected chi connectivity index (χ0v) is 19.6. The lowest BCUT2D eigenvalue weighted by Crippen LogP contribution is -2.06. The van der Waals surface area contributed by atoms with E-state index in [-0.39, 0.29) is 6.10 Å². The van der Waals surface area contributed by atoms with Crippen molar-refractivity contribution >= 4 is 37.8 Å². The Morgan fingerprint density at radius 2 is 1.85 bits per heavy atom. The van der Waals surface area contributed by atoms with E-state index < -0.39 is 15.5 Å². The van der Waals surface area contributed by atoms with E-state index in [2.05, 4.69) is 24.6 Å². The Balaban J connectivity index is 1.72. The molecule has 1 N–H and O–H groups in total. The molecule has 0 saturated carbocycles. The summed E-state index contributed by atoms with van der Waals surface area (Å²) in [5.41, 5.74) is 3.60. The highest BCUT2D eigenvalue weighted by atomic mass is 32.2. The van der Waals surface area contributed by atoms with Crippen molar-refractivity contribution in [3.63, 3.8) is 0 Å². The fourth-order valence-electron chi connectivity index (χ4n) is 3.49. The maximum Gasteiger partial charge on any atom is 0.146 e. The van der Waals surface area contributed by atoms with Gasteiger partial charge in [-0.2, -0.15) is 4.36 Å². The van der Waals surface area contributed by atoms with E-state index in [0.717, 1.165) is 16.5 Å². The number of fused-ring (bicyclic) bond motifs is 1. The molecular formula is C24H24FN5O2S. The monoisotopic (exact) mass is 465 g/mol.